The smallest absolute Gasteiger partial charge is 0.0540 e. The van der Waals surface area contributed by atoms with E-state index >= 15 is 0 Å². The molecular formula is C40H41NS. The summed E-state index contributed by atoms with van der Waals surface area (Å²) in [7, 11) is 0.0712. The molecule has 1 heterocycles. The minimum atomic E-state index is 0.0712. The second-order valence-corrected chi connectivity index (χ2v) is 11.8. The quantitative estimate of drug-likeness (QED) is 0.164. The molecule has 0 bridgehead atoms. The zero-order valence-corrected chi connectivity index (χ0v) is 25.9. The van der Waals surface area contributed by atoms with Gasteiger partial charge in [0.15, 0.2) is 0 Å². The zero-order chi connectivity index (χ0) is 29.9. The van der Waals surface area contributed by atoms with Gasteiger partial charge < -0.3 is 4.31 Å². The molecular weight excluding hydrogens is 527 g/mol. The van der Waals surface area contributed by atoms with Crippen LogP contribution >= 0.6 is 10.7 Å². The van der Waals surface area contributed by atoms with Crippen LogP contribution in [-0.4, -0.2) is 22.5 Å². The highest BCUT2D eigenvalue weighted by Crippen LogP contribution is 2.35. The Morgan fingerprint density at radius 2 is 1.48 bits per heavy atom. The summed E-state index contributed by atoms with van der Waals surface area (Å²) in [6, 6.07) is 24.5. The Bertz CT molecular complexity index is 1650. The third-order valence-corrected chi connectivity index (χ3v) is 9.07. The molecule has 0 saturated heterocycles. The first-order chi connectivity index (χ1) is 20.5. The van der Waals surface area contributed by atoms with Crippen LogP contribution in [0.3, 0.4) is 0 Å². The molecule has 0 fully saturated rings. The van der Waals surface area contributed by atoms with E-state index in [1.807, 2.05) is 24.3 Å². The van der Waals surface area contributed by atoms with Crippen LogP contribution in [0.25, 0.3) is 39.1 Å². The van der Waals surface area contributed by atoms with E-state index in [0.29, 0.717) is 0 Å². The van der Waals surface area contributed by atoms with Crippen LogP contribution in [0.5, 0.6) is 0 Å². The fraction of sp³-hybridized carbons (Fsp3) is 0.125. The van der Waals surface area contributed by atoms with Gasteiger partial charge in [0.25, 0.3) is 0 Å². The summed E-state index contributed by atoms with van der Waals surface area (Å²) in [5.41, 5.74) is 11.7. The van der Waals surface area contributed by atoms with Crippen LogP contribution in [0.2, 0.25) is 0 Å². The van der Waals surface area contributed by atoms with Gasteiger partial charge in [0.1, 0.15) is 0 Å². The Morgan fingerprint density at radius 1 is 0.833 bits per heavy atom. The van der Waals surface area contributed by atoms with Crippen molar-refractivity contribution >= 4 is 32.9 Å². The molecule has 0 aromatic heterocycles. The summed E-state index contributed by atoms with van der Waals surface area (Å²) in [5, 5.41) is 2.40. The van der Waals surface area contributed by atoms with Gasteiger partial charge in [0, 0.05) is 6.54 Å². The molecule has 0 aliphatic carbocycles. The van der Waals surface area contributed by atoms with Crippen molar-refractivity contribution in [2.75, 3.05) is 12.8 Å². The van der Waals surface area contributed by atoms with E-state index in [0.717, 1.165) is 40.8 Å². The highest BCUT2D eigenvalue weighted by molar-refractivity contribution is 8.12. The van der Waals surface area contributed by atoms with E-state index in [-0.39, 0.29) is 10.7 Å². The normalized spacial score (nSPS) is 14.6. The van der Waals surface area contributed by atoms with Gasteiger partial charge in [0.05, 0.1) is 5.70 Å². The molecule has 3 aromatic rings. The molecule has 1 atom stereocenters. The van der Waals surface area contributed by atoms with Crippen molar-refractivity contribution in [1.82, 2.24) is 4.31 Å². The molecule has 212 valence electrons. The highest BCUT2D eigenvalue weighted by atomic mass is 32.2. The first kappa shape index (κ1) is 30.6. The largest absolute Gasteiger partial charge is 0.318 e. The van der Waals surface area contributed by atoms with Crippen LogP contribution in [0.1, 0.15) is 37.0 Å². The number of benzene rings is 3. The van der Waals surface area contributed by atoms with Crippen LogP contribution in [0.4, 0.5) is 0 Å². The standard InChI is InChI=1S/C40H41NS/c1-7-12-18-32(11-5)38-28-37(31(10-4)17-8-2)29-39(30-38)35-21-15-19-33(26-35)34-20-16-22-36(27-34)40-23-13-14-24-41(40)42(6)25-9-3/h7-8,10-23,25-30H,1-2,4,9,24H2,3,5-6H3/b18-12-,31-17+,32-11+. The fourth-order valence-electron chi connectivity index (χ4n) is 5.15. The Morgan fingerprint density at radius 3 is 2.10 bits per heavy atom. The predicted molar refractivity (Wildman–Crippen MR) is 192 cm³/mol. The summed E-state index contributed by atoms with van der Waals surface area (Å²) in [6.45, 7) is 17.0. The molecule has 0 N–H and O–H groups in total. The minimum absolute atomic E-state index is 0.0712. The molecule has 3 aromatic carbocycles. The summed E-state index contributed by atoms with van der Waals surface area (Å²) < 4.78 is 2.50. The average molecular weight is 568 g/mol. The number of nitrogens with zero attached hydrogens (tertiary/aromatic N) is 1. The van der Waals surface area contributed by atoms with E-state index in [1.54, 1.807) is 6.08 Å². The number of allylic oxidation sites excluding steroid dienone is 11. The van der Waals surface area contributed by atoms with Gasteiger partial charge in [-0.2, -0.15) is 0 Å². The summed E-state index contributed by atoms with van der Waals surface area (Å²) in [4.78, 5) is 0. The van der Waals surface area contributed by atoms with Gasteiger partial charge in [0.2, 0.25) is 0 Å². The van der Waals surface area contributed by atoms with E-state index in [1.165, 1.54) is 28.0 Å². The topological polar surface area (TPSA) is 3.24 Å². The van der Waals surface area contributed by atoms with Gasteiger partial charge in [-0.3, -0.25) is 0 Å². The van der Waals surface area contributed by atoms with Crippen LogP contribution in [0.15, 0.2) is 147 Å². The predicted octanol–water partition coefficient (Wildman–Crippen LogP) is 11.2. The Balaban J connectivity index is 1.80. The zero-order valence-electron chi connectivity index (χ0n) is 25.1. The van der Waals surface area contributed by atoms with Crippen molar-refractivity contribution in [2.45, 2.75) is 20.3 Å². The molecule has 0 amide bonds. The minimum Gasteiger partial charge on any atom is -0.318 e. The van der Waals surface area contributed by atoms with Crippen molar-refractivity contribution < 1.29 is 0 Å². The molecule has 1 aliphatic heterocycles. The average Bonchev–Trinajstić information content (AvgIpc) is 3.04. The maximum Gasteiger partial charge on any atom is 0.0540 e. The molecule has 42 heavy (non-hydrogen) atoms. The van der Waals surface area contributed by atoms with E-state index < -0.39 is 0 Å². The second kappa shape index (κ2) is 15.0. The molecule has 2 heteroatoms. The number of rotatable bonds is 11. The van der Waals surface area contributed by atoms with Crippen molar-refractivity contribution in [3.63, 3.8) is 0 Å². The lowest BCUT2D eigenvalue weighted by Gasteiger charge is -2.30. The SMILES string of the molecule is C=C/C=C\C(=C/C)c1cc(/C(C=C)=C/C=C)cc(-c2cccc(-c3cccc(C4=CC=CCN4/S(C)=C/CC)c3)c2)c1. The molecule has 0 radical (unpaired) electrons. The molecule has 0 saturated carbocycles. The van der Waals surface area contributed by atoms with Crippen molar-refractivity contribution in [3.8, 4) is 22.3 Å². The van der Waals surface area contributed by atoms with Gasteiger partial charge in [-0.15, -0.1) is 10.7 Å². The van der Waals surface area contributed by atoms with Crippen LogP contribution < -0.4 is 0 Å². The molecule has 1 nitrogen and oxygen atoms in total. The lowest BCUT2D eigenvalue weighted by molar-refractivity contribution is 0.719. The lowest BCUT2D eigenvalue weighted by Crippen LogP contribution is -2.18. The monoisotopic (exact) mass is 567 g/mol. The first-order valence-electron chi connectivity index (χ1n) is 14.4. The summed E-state index contributed by atoms with van der Waals surface area (Å²) in [5.74, 6) is 0. The third kappa shape index (κ3) is 7.26. The van der Waals surface area contributed by atoms with Gasteiger partial charge in [-0.1, -0.05) is 118 Å². The summed E-state index contributed by atoms with van der Waals surface area (Å²) >= 11 is 0. The maximum atomic E-state index is 4.06. The molecule has 0 spiro atoms. The number of hydrogen-bond acceptors (Lipinski definition) is 1. The summed E-state index contributed by atoms with van der Waals surface area (Å²) in [6.07, 6.45) is 23.7. The second-order valence-electron chi connectivity index (χ2n) is 10.0. The van der Waals surface area contributed by atoms with Crippen molar-refractivity contribution in [2.24, 2.45) is 0 Å². The third-order valence-electron chi connectivity index (χ3n) is 7.21. The van der Waals surface area contributed by atoms with Crippen molar-refractivity contribution in [1.29, 1.82) is 0 Å². The van der Waals surface area contributed by atoms with Gasteiger partial charge >= 0.3 is 0 Å². The van der Waals surface area contributed by atoms with Crippen LogP contribution in [-0.2, 0) is 0 Å². The van der Waals surface area contributed by atoms with E-state index in [9.17, 15) is 0 Å². The molecule has 1 aliphatic rings. The fourth-order valence-corrected chi connectivity index (χ4v) is 6.61. The van der Waals surface area contributed by atoms with Crippen molar-refractivity contribution in [3.05, 3.63) is 164 Å². The molecule has 1 unspecified atom stereocenters. The Kier molecular flexibility index (Phi) is 10.9. The maximum absolute atomic E-state index is 4.06. The molecule has 4 rings (SSSR count). The lowest BCUT2D eigenvalue weighted by atomic mass is 9.91. The van der Waals surface area contributed by atoms with E-state index in [4.69, 9.17) is 0 Å². The Labute approximate surface area is 255 Å². The highest BCUT2D eigenvalue weighted by Gasteiger charge is 2.15. The number of hydrogen-bond donors (Lipinski definition) is 0. The van der Waals surface area contributed by atoms with Gasteiger partial charge in [-0.05, 0) is 111 Å². The van der Waals surface area contributed by atoms with E-state index in [2.05, 4.69) is 147 Å². The first-order valence-corrected chi connectivity index (χ1v) is 16.1. The Hall–Kier alpha value is -4.40. The van der Waals surface area contributed by atoms with Crippen LogP contribution in [0, 0.1) is 0 Å². The van der Waals surface area contributed by atoms with Gasteiger partial charge in [-0.25, -0.2) is 0 Å².